The maximum absolute atomic E-state index is 13.5. The summed E-state index contributed by atoms with van der Waals surface area (Å²) in [6.45, 7) is 1.54. The van der Waals surface area contributed by atoms with Crippen LogP contribution in [-0.4, -0.2) is 16.9 Å². The van der Waals surface area contributed by atoms with E-state index in [2.05, 4.69) is 22.1 Å². The van der Waals surface area contributed by atoms with E-state index in [1.165, 1.54) is 6.07 Å². The molecule has 0 saturated carbocycles. The first-order valence-electron chi connectivity index (χ1n) is 6.47. The molecule has 1 atom stereocenters. The summed E-state index contributed by atoms with van der Waals surface area (Å²) in [5, 5.41) is 2.51. The molecule has 1 unspecified atom stereocenters. The first kappa shape index (κ1) is 15.6. The second-order valence-corrected chi connectivity index (χ2v) is 4.53. The summed E-state index contributed by atoms with van der Waals surface area (Å²) in [6.07, 6.45) is 0. The zero-order valence-corrected chi connectivity index (χ0v) is 11.7. The second kappa shape index (κ2) is 6.78. The highest BCUT2D eigenvalue weighted by molar-refractivity contribution is 5.93. The molecule has 2 aromatic rings. The van der Waals surface area contributed by atoms with Gasteiger partial charge in [0.2, 0.25) is 5.91 Å². The minimum absolute atomic E-state index is 0.267. The van der Waals surface area contributed by atoms with Crippen molar-refractivity contribution < 1.29 is 13.6 Å². The van der Waals surface area contributed by atoms with Gasteiger partial charge in [0.1, 0.15) is 23.1 Å². The lowest BCUT2D eigenvalue weighted by atomic mass is 10.2. The summed E-state index contributed by atoms with van der Waals surface area (Å²) < 4.78 is 26.9. The number of pyridine rings is 1. The van der Waals surface area contributed by atoms with Crippen LogP contribution in [-0.2, 0) is 4.79 Å². The number of nitrogens with one attached hydrogen (secondary N) is 1. The molecule has 1 aromatic heterocycles. The second-order valence-electron chi connectivity index (χ2n) is 4.53. The molecule has 1 heterocycles. The van der Waals surface area contributed by atoms with Gasteiger partial charge in [0.15, 0.2) is 0 Å². The fraction of sp³-hybridized carbons (Fsp3) is 0.125. The Kier molecular flexibility index (Phi) is 4.81. The summed E-state index contributed by atoms with van der Waals surface area (Å²) in [5.41, 5.74) is 5.38. The monoisotopic (exact) mass is 301 g/mol. The van der Waals surface area contributed by atoms with Crippen LogP contribution in [0.2, 0.25) is 0 Å². The van der Waals surface area contributed by atoms with E-state index in [4.69, 9.17) is 5.73 Å². The molecule has 1 amide bonds. The maximum atomic E-state index is 13.5. The highest BCUT2D eigenvalue weighted by Gasteiger charge is 2.08. The normalized spacial score (nSPS) is 11.3. The van der Waals surface area contributed by atoms with E-state index in [-0.39, 0.29) is 17.1 Å². The molecule has 2 rings (SSSR count). The molecule has 1 aromatic carbocycles. The van der Waals surface area contributed by atoms with Crippen LogP contribution in [0, 0.1) is 23.5 Å². The van der Waals surface area contributed by atoms with Crippen molar-refractivity contribution in [2.75, 3.05) is 5.32 Å². The van der Waals surface area contributed by atoms with Gasteiger partial charge in [0.25, 0.3) is 0 Å². The zero-order valence-electron chi connectivity index (χ0n) is 11.7. The van der Waals surface area contributed by atoms with Crippen molar-refractivity contribution in [3.63, 3.8) is 0 Å². The Labute approximate surface area is 126 Å². The van der Waals surface area contributed by atoms with Gasteiger partial charge in [-0.3, -0.25) is 4.79 Å². The van der Waals surface area contributed by atoms with Gasteiger partial charge in [0.05, 0.1) is 11.6 Å². The van der Waals surface area contributed by atoms with E-state index < -0.39 is 23.6 Å². The van der Waals surface area contributed by atoms with Crippen molar-refractivity contribution in [3.05, 3.63) is 59.3 Å². The molecule has 6 heteroatoms. The van der Waals surface area contributed by atoms with E-state index in [9.17, 15) is 13.6 Å². The Balaban J connectivity index is 2.25. The number of nitrogens with two attached hydrogens (primary N) is 1. The number of hydrogen-bond acceptors (Lipinski definition) is 3. The van der Waals surface area contributed by atoms with Crippen LogP contribution in [0.5, 0.6) is 0 Å². The van der Waals surface area contributed by atoms with Crippen LogP contribution in [0.15, 0.2) is 36.4 Å². The van der Waals surface area contributed by atoms with Crippen LogP contribution in [0.3, 0.4) is 0 Å². The number of amides is 1. The predicted molar refractivity (Wildman–Crippen MR) is 78.9 cm³/mol. The number of hydrogen-bond donors (Lipinski definition) is 2. The summed E-state index contributed by atoms with van der Waals surface area (Å²) in [7, 11) is 0. The number of halogens is 2. The summed E-state index contributed by atoms with van der Waals surface area (Å²) >= 11 is 0. The average molecular weight is 301 g/mol. The lowest BCUT2D eigenvalue weighted by Gasteiger charge is -2.06. The highest BCUT2D eigenvalue weighted by atomic mass is 19.1. The number of benzene rings is 1. The lowest BCUT2D eigenvalue weighted by molar-refractivity contribution is -0.117. The SMILES string of the molecule is CC(N)C(=O)Nc1cccc(C#Cc2c(F)cccc2F)n1. The van der Waals surface area contributed by atoms with E-state index in [0.717, 1.165) is 12.1 Å². The van der Waals surface area contributed by atoms with Gasteiger partial charge in [-0.2, -0.15) is 0 Å². The van der Waals surface area contributed by atoms with Crippen molar-refractivity contribution in [2.45, 2.75) is 13.0 Å². The highest BCUT2D eigenvalue weighted by Crippen LogP contribution is 2.11. The average Bonchev–Trinajstić information content (AvgIpc) is 2.47. The third-order valence-corrected chi connectivity index (χ3v) is 2.69. The smallest absolute Gasteiger partial charge is 0.242 e. The molecule has 0 saturated heterocycles. The number of anilines is 1. The number of nitrogens with zero attached hydrogens (tertiary/aromatic N) is 1. The molecule has 0 spiro atoms. The fourth-order valence-corrected chi connectivity index (χ4v) is 1.56. The number of carbonyl (C=O) groups excluding carboxylic acids is 1. The van der Waals surface area contributed by atoms with E-state index >= 15 is 0 Å². The van der Waals surface area contributed by atoms with Crippen LogP contribution in [0.1, 0.15) is 18.2 Å². The van der Waals surface area contributed by atoms with Crippen LogP contribution in [0.25, 0.3) is 0 Å². The lowest BCUT2D eigenvalue weighted by Crippen LogP contribution is -2.32. The van der Waals surface area contributed by atoms with Gasteiger partial charge in [-0.05, 0) is 37.1 Å². The van der Waals surface area contributed by atoms with Gasteiger partial charge in [-0.25, -0.2) is 13.8 Å². The van der Waals surface area contributed by atoms with Gasteiger partial charge >= 0.3 is 0 Å². The van der Waals surface area contributed by atoms with Crippen molar-refractivity contribution in [3.8, 4) is 11.8 Å². The molecule has 0 aliphatic rings. The van der Waals surface area contributed by atoms with Gasteiger partial charge < -0.3 is 11.1 Å². The molecule has 3 N–H and O–H groups in total. The molecule has 0 aliphatic heterocycles. The van der Waals surface area contributed by atoms with Gasteiger partial charge in [0, 0.05) is 0 Å². The van der Waals surface area contributed by atoms with Crippen molar-refractivity contribution in [1.29, 1.82) is 0 Å². The Morgan fingerprint density at radius 3 is 2.45 bits per heavy atom. The Hall–Kier alpha value is -2.78. The first-order chi connectivity index (χ1) is 10.5. The molecule has 0 radical (unpaired) electrons. The topological polar surface area (TPSA) is 68.0 Å². The summed E-state index contributed by atoms with van der Waals surface area (Å²) in [5.74, 6) is 3.36. The van der Waals surface area contributed by atoms with Gasteiger partial charge in [-0.15, -0.1) is 0 Å². The molecular formula is C16H13F2N3O. The summed E-state index contributed by atoms with van der Waals surface area (Å²) in [6, 6.07) is 7.58. The minimum atomic E-state index is -0.742. The third-order valence-electron chi connectivity index (χ3n) is 2.69. The Bertz CT molecular complexity index is 743. The number of carbonyl (C=O) groups is 1. The maximum Gasteiger partial charge on any atom is 0.242 e. The molecule has 4 nitrogen and oxygen atoms in total. The molecular weight excluding hydrogens is 288 g/mol. The van der Waals surface area contributed by atoms with Crippen LogP contribution >= 0.6 is 0 Å². The minimum Gasteiger partial charge on any atom is -0.320 e. The molecule has 22 heavy (non-hydrogen) atoms. The van der Waals surface area contributed by atoms with Gasteiger partial charge in [-0.1, -0.05) is 18.1 Å². The quantitative estimate of drug-likeness (QED) is 0.834. The first-order valence-corrected chi connectivity index (χ1v) is 6.47. The van der Waals surface area contributed by atoms with E-state index in [0.29, 0.717) is 0 Å². The number of rotatable bonds is 2. The van der Waals surface area contributed by atoms with Crippen molar-refractivity contribution in [1.82, 2.24) is 4.98 Å². The van der Waals surface area contributed by atoms with Crippen LogP contribution < -0.4 is 11.1 Å². The third kappa shape index (κ3) is 3.87. The summed E-state index contributed by atoms with van der Waals surface area (Å²) in [4.78, 5) is 15.5. The molecule has 0 bridgehead atoms. The van der Waals surface area contributed by atoms with Crippen LogP contribution in [0.4, 0.5) is 14.6 Å². The standard InChI is InChI=1S/C16H13F2N3O/c1-10(19)16(22)21-15-7-2-4-11(20-15)8-9-12-13(17)5-3-6-14(12)18/h2-7,10H,19H2,1H3,(H,20,21,22). The Morgan fingerprint density at radius 2 is 1.82 bits per heavy atom. The van der Waals surface area contributed by atoms with Crippen molar-refractivity contribution in [2.24, 2.45) is 5.73 Å². The fourth-order valence-electron chi connectivity index (χ4n) is 1.56. The Morgan fingerprint density at radius 1 is 1.18 bits per heavy atom. The number of aromatic nitrogens is 1. The molecule has 112 valence electrons. The molecule has 0 aliphatic carbocycles. The predicted octanol–water partition coefficient (Wildman–Crippen LogP) is 2.05. The van der Waals surface area contributed by atoms with Crippen molar-refractivity contribution >= 4 is 11.7 Å². The zero-order chi connectivity index (χ0) is 16.1. The van der Waals surface area contributed by atoms with E-state index in [1.54, 1.807) is 25.1 Å². The molecule has 0 fully saturated rings. The largest absolute Gasteiger partial charge is 0.320 e. The van der Waals surface area contributed by atoms with E-state index in [1.807, 2.05) is 0 Å².